The molecule has 0 aliphatic carbocycles. The van der Waals surface area contributed by atoms with Crippen LogP contribution in [-0.2, 0) is 17.3 Å². The van der Waals surface area contributed by atoms with Crippen molar-refractivity contribution in [3.8, 4) is 0 Å². The normalized spacial score (nSPS) is 11.4. The zero-order valence-corrected chi connectivity index (χ0v) is 9.19. The van der Waals surface area contributed by atoms with Gasteiger partial charge >= 0.3 is 12.1 Å². The Morgan fingerprint density at radius 3 is 2.35 bits per heavy atom. The summed E-state index contributed by atoms with van der Waals surface area (Å²) < 4.78 is 55.0. The van der Waals surface area contributed by atoms with E-state index in [9.17, 15) is 22.4 Å². The Morgan fingerprint density at radius 2 is 1.94 bits per heavy atom. The highest BCUT2D eigenvalue weighted by Gasteiger charge is 2.33. The van der Waals surface area contributed by atoms with Crippen molar-refractivity contribution in [1.82, 2.24) is 0 Å². The summed E-state index contributed by atoms with van der Waals surface area (Å²) in [4.78, 5) is 11.2. The van der Waals surface area contributed by atoms with Gasteiger partial charge < -0.3 is 4.74 Å². The van der Waals surface area contributed by atoms with Crippen molar-refractivity contribution in [1.29, 1.82) is 0 Å². The van der Waals surface area contributed by atoms with Crippen molar-refractivity contribution >= 4 is 5.97 Å². The number of aryl methyl sites for hydroxylation is 1. The molecule has 0 radical (unpaired) electrons. The summed E-state index contributed by atoms with van der Waals surface area (Å²) in [5, 5.41) is 0. The van der Waals surface area contributed by atoms with E-state index in [0.29, 0.717) is 6.07 Å². The van der Waals surface area contributed by atoms with Gasteiger partial charge in [0.05, 0.1) is 18.2 Å². The molecule has 0 atom stereocenters. The van der Waals surface area contributed by atoms with Gasteiger partial charge in [0.1, 0.15) is 5.82 Å². The van der Waals surface area contributed by atoms with Crippen molar-refractivity contribution in [3.63, 3.8) is 0 Å². The van der Waals surface area contributed by atoms with E-state index in [0.717, 1.165) is 13.2 Å². The van der Waals surface area contributed by atoms with E-state index >= 15 is 0 Å². The second-order valence-corrected chi connectivity index (χ2v) is 3.34. The van der Waals surface area contributed by atoms with Gasteiger partial charge in [0.2, 0.25) is 0 Å². The monoisotopic (exact) mass is 250 g/mol. The fourth-order valence-corrected chi connectivity index (χ4v) is 1.44. The number of hydrogen-bond donors (Lipinski definition) is 0. The van der Waals surface area contributed by atoms with Crippen LogP contribution >= 0.6 is 0 Å². The largest absolute Gasteiger partial charge is 0.465 e. The molecule has 0 amide bonds. The molecule has 1 aromatic carbocycles. The van der Waals surface area contributed by atoms with Gasteiger partial charge in [-0.25, -0.2) is 9.18 Å². The average molecular weight is 250 g/mol. The molecule has 0 heterocycles. The number of halogens is 4. The van der Waals surface area contributed by atoms with Gasteiger partial charge in [0, 0.05) is 0 Å². The third-order valence-corrected chi connectivity index (χ3v) is 2.27. The SMILES string of the molecule is CCc1cc(C(F)(F)F)cc(F)c1C(=O)OC. The molecule has 0 unspecified atom stereocenters. The smallest absolute Gasteiger partial charge is 0.416 e. The Bertz CT molecular complexity index is 438. The summed E-state index contributed by atoms with van der Waals surface area (Å²) in [6.45, 7) is 1.53. The lowest BCUT2D eigenvalue weighted by molar-refractivity contribution is -0.137. The molecule has 0 fully saturated rings. The molecule has 0 aliphatic heterocycles. The Balaban J connectivity index is 3.41. The lowest BCUT2D eigenvalue weighted by atomic mass is 10.0. The van der Waals surface area contributed by atoms with Gasteiger partial charge in [-0.1, -0.05) is 6.92 Å². The molecule has 1 rings (SSSR count). The standard InChI is InChI=1S/C11H10F4O2/c1-3-6-4-7(11(13,14)15)5-8(12)9(6)10(16)17-2/h4-5H,3H2,1-2H3. The zero-order chi connectivity index (χ0) is 13.2. The Morgan fingerprint density at radius 1 is 1.35 bits per heavy atom. The van der Waals surface area contributed by atoms with Gasteiger partial charge in [0.15, 0.2) is 0 Å². The maximum absolute atomic E-state index is 13.5. The van der Waals surface area contributed by atoms with Gasteiger partial charge in [-0.3, -0.25) is 0 Å². The predicted octanol–water partition coefficient (Wildman–Crippen LogP) is 3.19. The molecule has 2 nitrogen and oxygen atoms in total. The quantitative estimate of drug-likeness (QED) is 0.595. The fraction of sp³-hybridized carbons (Fsp3) is 0.364. The number of carbonyl (C=O) groups is 1. The lowest BCUT2D eigenvalue weighted by Gasteiger charge is -2.12. The number of esters is 1. The first kappa shape index (κ1) is 13.5. The van der Waals surface area contributed by atoms with E-state index in [1.54, 1.807) is 0 Å². The molecule has 0 saturated carbocycles. The van der Waals surface area contributed by atoms with Crippen LogP contribution in [0.1, 0.15) is 28.4 Å². The first-order valence-corrected chi connectivity index (χ1v) is 4.79. The predicted molar refractivity (Wildman–Crippen MR) is 52.1 cm³/mol. The van der Waals surface area contributed by atoms with Crippen LogP contribution in [0.2, 0.25) is 0 Å². The summed E-state index contributed by atoms with van der Waals surface area (Å²) >= 11 is 0. The maximum atomic E-state index is 13.5. The topological polar surface area (TPSA) is 26.3 Å². The van der Waals surface area contributed by atoms with Crippen molar-refractivity contribution in [2.75, 3.05) is 7.11 Å². The van der Waals surface area contributed by atoms with Crippen LogP contribution in [-0.4, -0.2) is 13.1 Å². The lowest BCUT2D eigenvalue weighted by Crippen LogP contribution is -2.13. The van der Waals surface area contributed by atoms with E-state index in [1.165, 1.54) is 6.92 Å². The number of hydrogen-bond acceptors (Lipinski definition) is 2. The second-order valence-electron chi connectivity index (χ2n) is 3.34. The van der Waals surface area contributed by atoms with Gasteiger partial charge in [-0.2, -0.15) is 13.2 Å². The summed E-state index contributed by atoms with van der Waals surface area (Å²) in [6.07, 6.45) is -4.54. The Kier molecular flexibility index (Phi) is 3.75. The Labute approximate surface area is 95.2 Å². The van der Waals surface area contributed by atoms with Crippen LogP contribution in [0, 0.1) is 5.82 Å². The molecule has 94 valence electrons. The second kappa shape index (κ2) is 4.73. The number of carbonyl (C=O) groups excluding carboxylic acids is 1. The van der Waals surface area contributed by atoms with Crippen molar-refractivity contribution in [2.45, 2.75) is 19.5 Å². The molecular formula is C11H10F4O2. The summed E-state index contributed by atoms with van der Waals surface area (Å²) in [6, 6.07) is 1.06. The van der Waals surface area contributed by atoms with Gasteiger partial charge in [-0.15, -0.1) is 0 Å². The highest BCUT2D eigenvalue weighted by Crippen LogP contribution is 2.32. The van der Waals surface area contributed by atoms with Gasteiger partial charge in [0.25, 0.3) is 0 Å². The molecule has 0 aliphatic rings. The van der Waals surface area contributed by atoms with Crippen LogP contribution in [0.4, 0.5) is 17.6 Å². The molecular weight excluding hydrogens is 240 g/mol. The van der Waals surface area contributed by atoms with E-state index < -0.39 is 29.1 Å². The van der Waals surface area contributed by atoms with E-state index in [-0.39, 0.29) is 12.0 Å². The number of methoxy groups -OCH3 is 1. The summed E-state index contributed by atoms with van der Waals surface area (Å²) in [5.41, 5.74) is -1.58. The maximum Gasteiger partial charge on any atom is 0.416 e. The minimum absolute atomic E-state index is 0.0239. The Hall–Kier alpha value is -1.59. The zero-order valence-electron chi connectivity index (χ0n) is 9.19. The summed E-state index contributed by atoms with van der Waals surface area (Å²) in [5.74, 6) is -2.20. The first-order valence-electron chi connectivity index (χ1n) is 4.79. The number of alkyl halides is 3. The van der Waals surface area contributed by atoms with Crippen molar-refractivity contribution < 1.29 is 27.1 Å². The molecule has 1 aromatic rings. The van der Waals surface area contributed by atoms with Crippen LogP contribution in [0.15, 0.2) is 12.1 Å². The molecule has 0 saturated heterocycles. The first-order chi connectivity index (χ1) is 7.81. The van der Waals surface area contributed by atoms with E-state index in [1.807, 2.05) is 0 Å². The van der Waals surface area contributed by atoms with Gasteiger partial charge in [-0.05, 0) is 24.1 Å². The molecule has 0 spiro atoms. The molecule has 17 heavy (non-hydrogen) atoms. The third-order valence-electron chi connectivity index (χ3n) is 2.27. The molecule has 0 N–H and O–H groups in total. The minimum Gasteiger partial charge on any atom is -0.465 e. The molecule has 6 heteroatoms. The minimum atomic E-state index is -4.64. The number of benzene rings is 1. The summed E-state index contributed by atoms with van der Waals surface area (Å²) in [7, 11) is 1.04. The van der Waals surface area contributed by atoms with Crippen molar-refractivity contribution in [3.05, 3.63) is 34.6 Å². The molecule has 0 bridgehead atoms. The van der Waals surface area contributed by atoms with Crippen LogP contribution in [0.5, 0.6) is 0 Å². The van der Waals surface area contributed by atoms with Crippen molar-refractivity contribution in [2.24, 2.45) is 0 Å². The van der Waals surface area contributed by atoms with Crippen LogP contribution in [0.3, 0.4) is 0 Å². The van der Waals surface area contributed by atoms with Crippen LogP contribution < -0.4 is 0 Å². The third kappa shape index (κ3) is 2.75. The highest BCUT2D eigenvalue weighted by molar-refractivity contribution is 5.91. The van der Waals surface area contributed by atoms with E-state index in [4.69, 9.17) is 0 Å². The average Bonchev–Trinajstić information content (AvgIpc) is 2.25. The highest BCUT2D eigenvalue weighted by atomic mass is 19.4. The fourth-order valence-electron chi connectivity index (χ4n) is 1.44. The van der Waals surface area contributed by atoms with Crippen LogP contribution in [0.25, 0.3) is 0 Å². The molecule has 0 aromatic heterocycles. The van der Waals surface area contributed by atoms with E-state index in [2.05, 4.69) is 4.74 Å². The number of rotatable bonds is 2. The number of ether oxygens (including phenoxy) is 1.